The van der Waals surface area contributed by atoms with Crippen LogP contribution in [0.3, 0.4) is 0 Å². The Morgan fingerprint density at radius 1 is 1.26 bits per heavy atom. The highest BCUT2D eigenvalue weighted by molar-refractivity contribution is 6.68. The summed E-state index contributed by atoms with van der Waals surface area (Å²) in [5.41, 5.74) is 3.92. The predicted molar refractivity (Wildman–Crippen MR) is 93.7 cm³/mol. The summed E-state index contributed by atoms with van der Waals surface area (Å²) in [6.45, 7) is 3.82. The van der Waals surface area contributed by atoms with E-state index < -0.39 is 7.05 Å². The van der Waals surface area contributed by atoms with Crippen LogP contribution in [0.25, 0.3) is 6.08 Å². The van der Waals surface area contributed by atoms with Crippen LogP contribution < -0.4 is 5.46 Å². The van der Waals surface area contributed by atoms with Gasteiger partial charge in [0.25, 0.3) is 5.91 Å². The van der Waals surface area contributed by atoms with Crippen molar-refractivity contribution in [2.75, 3.05) is 0 Å². The molecule has 0 aromatic heterocycles. The van der Waals surface area contributed by atoms with Crippen LogP contribution in [0, 0.1) is 6.92 Å². The fraction of sp³-hybridized carbons (Fsp3) is 0.111. The SMILES string of the molecule is C/C=C/c1ccc2c(c1)C=NN(C(=O)c1ccccc1C)B2O. The molecule has 0 spiro atoms. The van der Waals surface area contributed by atoms with Gasteiger partial charge in [-0.15, -0.1) is 0 Å². The summed E-state index contributed by atoms with van der Waals surface area (Å²) >= 11 is 0. The number of hydrogen-bond donors (Lipinski definition) is 1. The van der Waals surface area contributed by atoms with Gasteiger partial charge in [0.2, 0.25) is 0 Å². The largest absolute Gasteiger partial charge is 0.474 e. The first-order valence-corrected chi connectivity index (χ1v) is 7.49. The Hall–Kier alpha value is -2.66. The molecule has 0 aliphatic carbocycles. The van der Waals surface area contributed by atoms with Gasteiger partial charge in [0, 0.05) is 5.56 Å². The number of hydrogen-bond acceptors (Lipinski definition) is 3. The van der Waals surface area contributed by atoms with E-state index in [1.807, 2.05) is 56.3 Å². The third kappa shape index (κ3) is 2.83. The zero-order valence-corrected chi connectivity index (χ0v) is 13.1. The Kier molecular flexibility index (Phi) is 4.13. The number of rotatable bonds is 2. The van der Waals surface area contributed by atoms with Crippen LogP contribution in [0.4, 0.5) is 0 Å². The smallest absolute Gasteiger partial charge is 0.427 e. The van der Waals surface area contributed by atoms with Crippen molar-refractivity contribution >= 4 is 30.7 Å². The van der Waals surface area contributed by atoms with E-state index in [-0.39, 0.29) is 5.91 Å². The highest BCUT2D eigenvalue weighted by Crippen LogP contribution is 2.15. The van der Waals surface area contributed by atoms with Crippen molar-refractivity contribution in [2.24, 2.45) is 5.10 Å². The molecule has 0 unspecified atom stereocenters. The standard InChI is InChI=1S/C18H17BN2O2/c1-3-6-14-9-10-17-15(11-14)12-20-21(19(17)23)18(22)16-8-5-4-7-13(16)2/h3-12,23H,1-2H3/b6-3+. The molecular formula is C18H17BN2O2. The maximum absolute atomic E-state index is 12.7. The molecule has 1 aliphatic rings. The lowest BCUT2D eigenvalue weighted by molar-refractivity contribution is 0.0845. The third-order valence-electron chi connectivity index (χ3n) is 3.88. The fourth-order valence-corrected chi connectivity index (χ4v) is 2.66. The van der Waals surface area contributed by atoms with Crippen molar-refractivity contribution < 1.29 is 9.82 Å². The highest BCUT2D eigenvalue weighted by Gasteiger charge is 2.34. The van der Waals surface area contributed by atoms with Crippen molar-refractivity contribution in [2.45, 2.75) is 13.8 Å². The molecule has 2 aromatic rings. The van der Waals surface area contributed by atoms with Crippen LogP contribution >= 0.6 is 0 Å². The first-order valence-electron chi connectivity index (χ1n) is 7.49. The molecule has 1 heterocycles. The van der Waals surface area contributed by atoms with Gasteiger partial charge in [0.15, 0.2) is 0 Å². The molecule has 23 heavy (non-hydrogen) atoms. The van der Waals surface area contributed by atoms with Crippen LogP contribution in [-0.2, 0) is 0 Å². The second-order valence-corrected chi connectivity index (χ2v) is 5.47. The Bertz CT molecular complexity index is 814. The van der Waals surface area contributed by atoms with E-state index in [9.17, 15) is 9.82 Å². The van der Waals surface area contributed by atoms with Gasteiger partial charge >= 0.3 is 7.05 Å². The average molecular weight is 304 g/mol. The van der Waals surface area contributed by atoms with E-state index in [2.05, 4.69) is 5.10 Å². The third-order valence-corrected chi connectivity index (χ3v) is 3.88. The summed E-state index contributed by atoms with van der Waals surface area (Å²) < 4.78 is 0. The summed E-state index contributed by atoms with van der Waals surface area (Å²) in [4.78, 5) is 13.8. The average Bonchev–Trinajstić information content (AvgIpc) is 2.55. The van der Waals surface area contributed by atoms with Crippen molar-refractivity contribution in [1.29, 1.82) is 0 Å². The molecule has 4 nitrogen and oxygen atoms in total. The van der Waals surface area contributed by atoms with E-state index in [0.717, 1.165) is 21.6 Å². The molecular weight excluding hydrogens is 287 g/mol. The van der Waals surface area contributed by atoms with Gasteiger partial charge in [0.1, 0.15) is 0 Å². The minimum Gasteiger partial charge on any atom is -0.427 e. The minimum absolute atomic E-state index is 0.310. The van der Waals surface area contributed by atoms with Crippen LogP contribution in [-0.4, -0.2) is 29.1 Å². The first-order chi connectivity index (χ1) is 11.1. The Labute approximate surface area is 135 Å². The number of aryl methyl sites for hydroxylation is 1. The topological polar surface area (TPSA) is 52.9 Å². The van der Waals surface area contributed by atoms with Crippen molar-refractivity contribution in [3.8, 4) is 0 Å². The molecule has 5 heteroatoms. The molecule has 0 saturated heterocycles. The summed E-state index contributed by atoms with van der Waals surface area (Å²) in [5, 5.41) is 14.7. The second-order valence-electron chi connectivity index (χ2n) is 5.47. The lowest BCUT2D eigenvalue weighted by atomic mass is 9.69. The van der Waals surface area contributed by atoms with Crippen LogP contribution in [0.15, 0.2) is 53.6 Å². The first kappa shape index (κ1) is 15.2. The molecule has 0 saturated carbocycles. The van der Waals surface area contributed by atoms with Crippen molar-refractivity contribution in [3.05, 3.63) is 70.8 Å². The zero-order chi connectivity index (χ0) is 16.4. The lowest BCUT2D eigenvalue weighted by Gasteiger charge is -2.25. The summed E-state index contributed by atoms with van der Waals surface area (Å²) in [5.74, 6) is -0.310. The second kappa shape index (κ2) is 6.22. The van der Waals surface area contributed by atoms with E-state index in [1.165, 1.54) is 0 Å². The van der Waals surface area contributed by atoms with E-state index in [0.29, 0.717) is 11.0 Å². The molecule has 0 fully saturated rings. The number of carbonyl (C=O) groups excluding carboxylic acids is 1. The number of benzene rings is 2. The number of amides is 1. The van der Waals surface area contributed by atoms with Gasteiger partial charge in [-0.05, 0) is 48.1 Å². The van der Waals surface area contributed by atoms with Crippen LogP contribution in [0.2, 0.25) is 0 Å². The van der Waals surface area contributed by atoms with Gasteiger partial charge < -0.3 is 5.02 Å². The molecule has 3 rings (SSSR count). The maximum Gasteiger partial charge on any atom is 0.474 e. The van der Waals surface area contributed by atoms with Crippen molar-refractivity contribution in [1.82, 2.24) is 4.92 Å². The van der Waals surface area contributed by atoms with E-state index in [4.69, 9.17) is 0 Å². The van der Waals surface area contributed by atoms with Gasteiger partial charge in [-0.25, -0.2) is 4.92 Å². The molecule has 0 atom stereocenters. The fourth-order valence-electron chi connectivity index (χ4n) is 2.66. The number of hydrazone groups is 1. The number of fused-ring (bicyclic) bond motifs is 1. The Morgan fingerprint density at radius 3 is 2.78 bits per heavy atom. The Balaban J connectivity index is 1.95. The highest BCUT2D eigenvalue weighted by atomic mass is 16.2. The predicted octanol–water partition coefficient (Wildman–Crippen LogP) is 2.21. The number of nitrogens with zero attached hydrogens (tertiary/aromatic N) is 2. The van der Waals surface area contributed by atoms with Gasteiger partial charge in [-0.1, -0.05) is 42.5 Å². The van der Waals surface area contributed by atoms with Gasteiger partial charge in [-0.3, -0.25) is 4.79 Å². The van der Waals surface area contributed by atoms with Gasteiger partial charge in [-0.2, -0.15) is 5.10 Å². The normalized spacial score (nSPS) is 13.5. The van der Waals surface area contributed by atoms with E-state index >= 15 is 0 Å². The number of carbonyl (C=O) groups is 1. The van der Waals surface area contributed by atoms with E-state index in [1.54, 1.807) is 18.3 Å². The summed E-state index contributed by atoms with van der Waals surface area (Å²) in [6, 6.07) is 13.0. The zero-order valence-electron chi connectivity index (χ0n) is 13.1. The van der Waals surface area contributed by atoms with Crippen LogP contribution in [0.5, 0.6) is 0 Å². The quantitative estimate of drug-likeness (QED) is 0.865. The molecule has 1 amide bonds. The Morgan fingerprint density at radius 2 is 2.04 bits per heavy atom. The molecule has 2 aromatic carbocycles. The molecule has 0 radical (unpaired) electrons. The summed E-state index contributed by atoms with van der Waals surface area (Å²) in [7, 11) is -1.08. The van der Waals surface area contributed by atoms with Crippen molar-refractivity contribution in [3.63, 3.8) is 0 Å². The molecule has 1 N–H and O–H groups in total. The number of allylic oxidation sites excluding steroid dienone is 1. The molecule has 1 aliphatic heterocycles. The minimum atomic E-state index is -1.08. The maximum atomic E-state index is 12.7. The summed E-state index contributed by atoms with van der Waals surface area (Å²) in [6.07, 6.45) is 5.54. The van der Waals surface area contributed by atoms with Crippen LogP contribution in [0.1, 0.15) is 34.0 Å². The molecule has 0 bridgehead atoms. The monoisotopic (exact) mass is 304 g/mol. The molecule has 114 valence electrons. The van der Waals surface area contributed by atoms with Gasteiger partial charge in [0.05, 0.1) is 6.21 Å². The lowest BCUT2D eigenvalue weighted by Crippen LogP contribution is -2.52.